The van der Waals surface area contributed by atoms with Gasteiger partial charge in [-0.25, -0.2) is 0 Å². The number of aliphatic hydroxyl groups is 2. The Labute approximate surface area is 264 Å². The van der Waals surface area contributed by atoms with Crippen LogP contribution in [0.1, 0.15) is 118 Å². The molecular weight excluding hydrogens is 556 g/mol. The van der Waals surface area contributed by atoms with Gasteiger partial charge < -0.3 is 24.4 Å². The lowest BCUT2D eigenvalue weighted by atomic mass is 9.43. The molecule has 0 amide bonds. The highest BCUT2D eigenvalue weighted by atomic mass is 16.7. The summed E-state index contributed by atoms with van der Waals surface area (Å²) in [6, 6.07) is 0. The van der Waals surface area contributed by atoms with Crippen molar-refractivity contribution in [1.82, 2.24) is 0 Å². The van der Waals surface area contributed by atoms with Gasteiger partial charge in [0.05, 0.1) is 18.3 Å². The molecule has 11 atom stereocenters. The van der Waals surface area contributed by atoms with E-state index < -0.39 is 6.10 Å². The molecule has 0 aromatic carbocycles. The summed E-state index contributed by atoms with van der Waals surface area (Å²) in [5, 5.41) is 23.6. The summed E-state index contributed by atoms with van der Waals surface area (Å²) in [6.45, 7) is 8.48. The first-order valence-corrected chi connectivity index (χ1v) is 18.3. The minimum absolute atomic E-state index is 0.0506. The maximum atomic E-state index is 12.8. The van der Waals surface area contributed by atoms with Crippen LogP contribution in [0.4, 0.5) is 0 Å². The average molecular weight is 615 g/mol. The Morgan fingerprint density at radius 1 is 0.886 bits per heavy atom. The molecular formula is C37H58O7. The number of fused-ring (bicyclic) bond motifs is 5. The second-order valence-electron chi connectivity index (χ2n) is 17.3. The molecule has 8 aliphatic rings. The molecule has 4 bridgehead atoms. The minimum Gasteiger partial charge on any atom is -0.463 e. The van der Waals surface area contributed by atoms with Gasteiger partial charge in [0.25, 0.3) is 0 Å². The summed E-state index contributed by atoms with van der Waals surface area (Å²) in [7, 11) is 0. The second-order valence-corrected chi connectivity index (χ2v) is 17.3. The molecule has 7 nitrogen and oxygen atoms in total. The molecule has 0 saturated heterocycles. The Balaban J connectivity index is 0.935. The summed E-state index contributed by atoms with van der Waals surface area (Å²) >= 11 is 0. The lowest BCUT2D eigenvalue weighted by Gasteiger charge is -2.63. The molecule has 44 heavy (non-hydrogen) atoms. The van der Waals surface area contributed by atoms with Crippen LogP contribution in [0.3, 0.4) is 0 Å². The molecule has 8 fully saturated rings. The zero-order valence-corrected chi connectivity index (χ0v) is 27.6. The van der Waals surface area contributed by atoms with Crippen molar-refractivity contribution in [1.29, 1.82) is 0 Å². The highest BCUT2D eigenvalue weighted by molar-refractivity contribution is 5.69. The molecule has 8 rings (SSSR count). The Kier molecular flexibility index (Phi) is 8.43. The fourth-order valence-electron chi connectivity index (χ4n) is 13.4. The predicted molar refractivity (Wildman–Crippen MR) is 165 cm³/mol. The topological polar surface area (TPSA) is 102 Å². The molecule has 8 aliphatic carbocycles. The van der Waals surface area contributed by atoms with E-state index in [1.54, 1.807) is 0 Å². The molecule has 7 heteroatoms. The second kappa shape index (κ2) is 11.8. The van der Waals surface area contributed by atoms with Crippen LogP contribution in [0.2, 0.25) is 0 Å². The van der Waals surface area contributed by atoms with Gasteiger partial charge in [-0.15, -0.1) is 0 Å². The Morgan fingerprint density at radius 2 is 1.59 bits per heavy atom. The summed E-state index contributed by atoms with van der Waals surface area (Å²) in [5.41, 5.74) is -0.207. The highest BCUT2D eigenvalue weighted by Gasteiger charge is 2.66. The van der Waals surface area contributed by atoms with Crippen molar-refractivity contribution in [2.24, 2.45) is 70.0 Å². The van der Waals surface area contributed by atoms with E-state index in [0.717, 1.165) is 63.2 Å². The van der Waals surface area contributed by atoms with E-state index in [0.29, 0.717) is 30.1 Å². The lowest BCUT2D eigenvalue weighted by Crippen LogP contribution is -2.62. The third kappa shape index (κ3) is 5.27. The van der Waals surface area contributed by atoms with Crippen molar-refractivity contribution in [2.75, 3.05) is 6.79 Å². The molecule has 0 aliphatic heterocycles. The molecule has 0 spiro atoms. The number of esters is 2. The van der Waals surface area contributed by atoms with Crippen LogP contribution in [0.15, 0.2) is 0 Å². The van der Waals surface area contributed by atoms with Gasteiger partial charge in [0, 0.05) is 13.3 Å². The van der Waals surface area contributed by atoms with Crippen LogP contribution >= 0.6 is 0 Å². The number of hydrogen-bond donors (Lipinski definition) is 2. The Bertz CT molecular complexity index is 1060. The predicted octanol–water partition coefficient (Wildman–Crippen LogP) is 6.28. The number of aliphatic hydroxyl groups excluding tert-OH is 2. The first-order chi connectivity index (χ1) is 21.0. The summed E-state index contributed by atoms with van der Waals surface area (Å²) < 4.78 is 17.4. The first-order valence-electron chi connectivity index (χ1n) is 18.3. The molecule has 0 aromatic heterocycles. The Hall–Kier alpha value is -1.18. The SMILES string of the molecule is CC(=O)O[C@@H]1CC[C@@]2(C)C(C1)C[C@@H](O)C1C2C[C@H](O)[C@]2(C)C(C(C)CCC(=O)OCOC3C4CC5CC(C4)CC3C5)CCC12. The van der Waals surface area contributed by atoms with E-state index in [-0.39, 0.29) is 71.5 Å². The van der Waals surface area contributed by atoms with Crippen molar-refractivity contribution in [3.63, 3.8) is 0 Å². The lowest BCUT2D eigenvalue weighted by molar-refractivity contribution is -0.209. The van der Waals surface area contributed by atoms with E-state index >= 15 is 0 Å². The van der Waals surface area contributed by atoms with E-state index in [1.165, 1.54) is 39.0 Å². The van der Waals surface area contributed by atoms with Gasteiger partial charge in [0.1, 0.15) is 6.10 Å². The van der Waals surface area contributed by atoms with E-state index in [4.69, 9.17) is 14.2 Å². The van der Waals surface area contributed by atoms with Gasteiger partial charge in [0.2, 0.25) is 0 Å². The highest BCUT2D eigenvalue weighted by Crippen LogP contribution is 2.68. The first kappa shape index (κ1) is 31.4. The van der Waals surface area contributed by atoms with Crippen LogP contribution in [0.25, 0.3) is 0 Å². The largest absolute Gasteiger partial charge is 0.463 e. The molecule has 6 unspecified atom stereocenters. The summed E-state index contributed by atoms with van der Waals surface area (Å²) in [5.74, 6) is 4.41. The molecule has 0 radical (unpaired) electrons. The molecule has 0 aromatic rings. The summed E-state index contributed by atoms with van der Waals surface area (Å²) in [4.78, 5) is 24.4. The molecule has 248 valence electrons. The zero-order chi connectivity index (χ0) is 31.0. The molecule has 0 heterocycles. The van der Waals surface area contributed by atoms with Crippen molar-refractivity contribution in [3.05, 3.63) is 0 Å². The fourth-order valence-corrected chi connectivity index (χ4v) is 13.4. The van der Waals surface area contributed by atoms with Crippen LogP contribution in [-0.2, 0) is 23.8 Å². The number of hydrogen-bond acceptors (Lipinski definition) is 7. The number of ether oxygens (including phenoxy) is 3. The van der Waals surface area contributed by atoms with E-state index in [2.05, 4.69) is 20.8 Å². The molecule has 2 N–H and O–H groups in total. The van der Waals surface area contributed by atoms with Gasteiger partial charge in [-0.3, -0.25) is 9.59 Å². The third-order valence-electron chi connectivity index (χ3n) is 15.3. The minimum atomic E-state index is -0.418. The monoisotopic (exact) mass is 614 g/mol. The number of carbonyl (C=O) groups is 2. The Morgan fingerprint density at radius 3 is 2.27 bits per heavy atom. The van der Waals surface area contributed by atoms with Crippen LogP contribution in [-0.4, -0.2) is 53.4 Å². The number of rotatable bonds is 8. The van der Waals surface area contributed by atoms with Crippen molar-refractivity contribution in [2.45, 2.75) is 142 Å². The standard InChI is InChI=1S/C37H58O7/c1-20(5-8-33(41)42-19-43-35-24-12-22-11-23(14-24)15-25(35)13-22)28-6-7-29-34-30(18-32(40)37(28,29)4)36(3)10-9-27(44-21(2)38)16-26(36)17-31(34)39/h20,22-32,34-35,39-40H,5-19H2,1-4H3/t20?,22?,23?,24?,25?,26?,27-,28?,29?,30?,31-,32+,34?,35?,36+,37-/m1/s1. The maximum Gasteiger partial charge on any atom is 0.307 e. The van der Waals surface area contributed by atoms with E-state index in [1.807, 2.05) is 0 Å². The normalized spacial score (nSPS) is 51.2. The van der Waals surface area contributed by atoms with Crippen molar-refractivity contribution >= 4 is 11.9 Å². The fraction of sp³-hybridized carbons (Fsp3) is 0.946. The zero-order valence-electron chi connectivity index (χ0n) is 27.6. The van der Waals surface area contributed by atoms with Crippen LogP contribution in [0, 0.1) is 70.0 Å². The van der Waals surface area contributed by atoms with Gasteiger partial charge in [0.15, 0.2) is 6.79 Å². The third-order valence-corrected chi connectivity index (χ3v) is 15.3. The molecule has 8 saturated carbocycles. The average Bonchev–Trinajstić information content (AvgIpc) is 3.32. The van der Waals surface area contributed by atoms with Gasteiger partial charge in [-0.2, -0.15) is 0 Å². The quantitative estimate of drug-likeness (QED) is 0.245. The van der Waals surface area contributed by atoms with Gasteiger partial charge >= 0.3 is 11.9 Å². The van der Waals surface area contributed by atoms with Crippen LogP contribution in [0.5, 0.6) is 0 Å². The van der Waals surface area contributed by atoms with Crippen molar-refractivity contribution in [3.8, 4) is 0 Å². The smallest absolute Gasteiger partial charge is 0.307 e. The van der Waals surface area contributed by atoms with E-state index in [9.17, 15) is 19.8 Å². The van der Waals surface area contributed by atoms with Crippen LogP contribution < -0.4 is 0 Å². The maximum absolute atomic E-state index is 12.8. The van der Waals surface area contributed by atoms with Gasteiger partial charge in [-0.1, -0.05) is 20.8 Å². The summed E-state index contributed by atoms with van der Waals surface area (Å²) in [6.07, 6.45) is 13.4. The number of carbonyl (C=O) groups excluding carboxylic acids is 2. The van der Waals surface area contributed by atoms with Crippen molar-refractivity contribution < 1.29 is 34.0 Å². The van der Waals surface area contributed by atoms with Gasteiger partial charge in [-0.05, 0) is 153 Å².